The van der Waals surface area contributed by atoms with Crippen molar-refractivity contribution in [2.24, 2.45) is 5.92 Å². The molecule has 0 N–H and O–H groups in total. The van der Waals surface area contributed by atoms with E-state index in [-0.39, 0.29) is 23.4 Å². The topological polar surface area (TPSA) is 17.1 Å². The van der Waals surface area contributed by atoms with Crippen LogP contribution in [0.1, 0.15) is 44.1 Å². The molecule has 16 heavy (non-hydrogen) atoms. The summed E-state index contributed by atoms with van der Waals surface area (Å²) in [6.45, 7) is 2.04. The summed E-state index contributed by atoms with van der Waals surface area (Å²) in [5.74, 6) is -0.0169. The van der Waals surface area contributed by atoms with Crippen LogP contribution in [0.5, 0.6) is 0 Å². The van der Waals surface area contributed by atoms with Gasteiger partial charge in [0.05, 0.1) is 0 Å². The van der Waals surface area contributed by atoms with E-state index >= 15 is 0 Å². The third-order valence-electron chi connectivity index (χ3n) is 3.18. The van der Waals surface area contributed by atoms with Gasteiger partial charge in [-0.3, -0.25) is 4.79 Å². The van der Waals surface area contributed by atoms with Crippen molar-refractivity contribution in [3.63, 3.8) is 0 Å². The number of ketones is 1. The first kappa shape index (κ1) is 11.3. The number of hydrogen-bond donors (Lipinski definition) is 0. The molecule has 86 valence electrons. The second-order valence-corrected chi connectivity index (χ2v) is 4.54. The van der Waals surface area contributed by atoms with Gasteiger partial charge in [-0.05, 0) is 30.9 Å². The van der Waals surface area contributed by atoms with Crippen molar-refractivity contribution in [3.05, 3.63) is 35.6 Å². The molecule has 1 atom stereocenters. The first-order valence-corrected chi connectivity index (χ1v) is 6.02. The molecule has 0 radical (unpaired) electrons. The van der Waals surface area contributed by atoms with Crippen molar-refractivity contribution in [1.29, 1.82) is 0 Å². The maximum atomic E-state index is 13.7. The molecule has 0 amide bonds. The van der Waals surface area contributed by atoms with Crippen molar-refractivity contribution in [2.75, 3.05) is 0 Å². The summed E-state index contributed by atoms with van der Waals surface area (Å²) in [5, 5.41) is 0. The minimum atomic E-state index is -0.241. The van der Waals surface area contributed by atoms with E-state index in [9.17, 15) is 9.18 Å². The van der Waals surface area contributed by atoms with Crippen LogP contribution in [0.25, 0.3) is 0 Å². The molecule has 0 spiro atoms. The zero-order valence-corrected chi connectivity index (χ0v) is 9.58. The predicted octanol–water partition coefficient (Wildman–Crippen LogP) is 3.69. The predicted molar refractivity (Wildman–Crippen MR) is 61.8 cm³/mol. The van der Waals surface area contributed by atoms with Crippen molar-refractivity contribution in [2.45, 2.75) is 38.5 Å². The summed E-state index contributed by atoms with van der Waals surface area (Å²) in [4.78, 5) is 12.1. The van der Waals surface area contributed by atoms with Gasteiger partial charge in [-0.1, -0.05) is 31.5 Å². The van der Waals surface area contributed by atoms with E-state index in [0.29, 0.717) is 5.56 Å². The van der Waals surface area contributed by atoms with E-state index in [0.717, 1.165) is 25.7 Å². The van der Waals surface area contributed by atoms with Gasteiger partial charge in [-0.2, -0.15) is 0 Å². The molecule has 1 aromatic rings. The Morgan fingerprint density at radius 1 is 1.44 bits per heavy atom. The van der Waals surface area contributed by atoms with Crippen LogP contribution in [-0.4, -0.2) is 5.78 Å². The maximum Gasteiger partial charge on any atom is 0.143 e. The molecular weight excluding hydrogens is 203 g/mol. The Labute approximate surface area is 95.7 Å². The van der Waals surface area contributed by atoms with Gasteiger partial charge in [-0.15, -0.1) is 0 Å². The summed E-state index contributed by atoms with van der Waals surface area (Å²) >= 11 is 0. The second kappa shape index (κ2) is 4.77. The monoisotopic (exact) mass is 220 g/mol. The lowest BCUT2D eigenvalue weighted by Crippen LogP contribution is -2.15. The molecule has 1 saturated carbocycles. The number of carbonyl (C=O) groups excluding carboxylic acids is 1. The highest BCUT2D eigenvalue weighted by atomic mass is 19.1. The summed E-state index contributed by atoms with van der Waals surface area (Å²) in [5.41, 5.74) is 0.584. The van der Waals surface area contributed by atoms with Crippen LogP contribution < -0.4 is 0 Å². The summed E-state index contributed by atoms with van der Waals surface area (Å²) in [7, 11) is 0. The Hall–Kier alpha value is -1.18. The van der Waals surface area contributed by atoms with Crippen molar-refractivity contribution < 1.29 is 9.18 Å². The second-order valence-electron chi connectivity index (χ2n) is 4.54. The molecule has 0 aliphatic heterocycles. The Kier molecular flexibility index (Phi) is 3.37. The zero-order chi connectivity index (χ0) is 11.5. The smallest absolute Gasteiger partial charge is 0.143 e. The molecule has 1 unspecified atom stereocenters. The van der Waals surface area contributed by atoms with Crippen LogP contribution in [0.2, 0.25) is 0 Å². The molecule has 2 rings (SSSR count). The molecule has 0 saturated heterocycles. The number of hydrogen-bond acceptors (Lipinski definition) is 1. The Morgan fingerprint density at radius 2 is 2.12 bits per heavy atom. The van der Waals surface area contributed by atoms with Crippen LogP contribution >= 0.6 is 0 Å². The average Bonchev–Trinajstić information content (AvgIpc) is 3.10. The van der Waals surface area contributed by atoms with Crippen molar-refractivity contribution in [3.8, 4) is 0 Å². The number of Topliss-reactive ketones (excluding diaryl/α,β-unsaturated/α-hetero) is 1. The molecule has 1 aliphatic carbocycles. The van der Waals surface area contributed by atoms with E-state index in [1.807, 2.05) is 6.92 Å². The van der Waals surface area contributed by atoms with Gasteiger partial charge in [0.1, 0.15) is 11.6 Å². The minimum Gasteiger partial charge on any atom is -0.299 e. The average molecular weight is 220 g/mol. The van der Waals surface area contributed by atoms with Crippen LogP contribution in [-0.2, 0) is 4.79 Å². The van der Waals surface area contributed by atoms with Gasteiger partial charge in [0, 0.05) is 11.8 Å². The Balaban J connectivity index is 2.24. The van der Waals surface area contributed by atoms with Gasteiger partial charge in [-0.25, -0.2) is 4.39 Å². The minimum absolute atomic E-state index is 0.205. The SMILES string of the molecule is CCCC(C(=O)C1CC1)c1ccccc1F. The maximum absolute atomic E-state index is 13.7. The molecule has 1 nitrogen and oxygen atoms in total. The number of benzene rings is 1. The van der Waals surface area contributed by atoms with E-state index in [4.69, 9.17) is 0 Å². The Bertz CT molecular complexity index is 382. The lowest BCUT2D eigenvalue weighted by molar-refractivity contribution is -0.121. The molecule has 1 fully saturated rings. The van der Waals surface area contributed by atoms with Gasteiger partial charge in [0.2, 0.25) is 0 Å². The highest BCUT2D eigenvalue weighted by molar-refractivity contribution is 5.89. The zero-order valence-electron chi connectivity index (χ0n) is 9.58. The third-order valence-corrected chi connectivity index (χ3v) is 3.18. The fraction of sp³-hybridized carbons (Fsp3) is 0.500. The molecule has 0 bridgehead atoms. The van der Waals surface area contributed by atoms with Crippen LogP contribution in [0.4, 0.5) is 4.39 Å². The highest BCUT2D eigenvalue weighted by Gasteiger charge is 2.35. The highest BCUT2D eigenvalue weighted by Crippen LogP contribution is 2.37. The summed E-state index contributed by atoms with van der Waals surface area (Å²) in [6, 6.07) is 6.67. The lowest BCUT2D eigenvalue weighted by atomic mass is 9.88. The summed E-state index contributed by atoms with van der Waals surface area (Å²) in [6.07, 6.45) is 3.66. The quantitative estimate of drug-likeness (QED) is 0.739. The molecule has 0 heterocycles. The normalized spacial score (nSPS) is 17.1. The molecule has 1 aromatic carbocycles. The van der Waals surface area contributed by atoms with E-state index < -0.39 is 0 Å². The van der Waals surface area contributed by atoms with E-state index in [1.54, 1.807) is 18.2 Å². The van der Waals surface area contributed by atoms with Crippen LogP contribution in [0.3, 0.4) is 0 Å². The molecule has 0 aromatic heterocycles. The number of rotatable bonds is 5. The largest absolute Gasteiger partial charge is 0.299 e. The fourth-order valence-corrected chi connectivity index (χ4v) is 2.15. The van der Waals surface area contributed by atoms with E-state index in [1.165, 1.54) is 6.07 Å². The fourth-order valence-electron chi connectivity index (χ4n) is 2.15. The standard InChI is InChI=1S/C14H17FO/c1-2-5-12(14(16)10-8-9-10)11-6-3-4-7-13(11)15/h3-4,6-7,10,12H,2,5,8-9H2,1H3. The van der Waals surface area contributed by atoms with Gasteiger partial charge in [0.15, 0.2) is 0 Å². The molecule has 1 aliphatic rings. The van der Waals surface area contributed by atoms with Crippen molar-refractivity contribution >= 4 is 5.78 Å². The van der Waals surface area contributed by atoms with E-state index in [2.05, 4.69) is 0 Å². The van der Waals surface area contributed by atoms with Gasteiger partial charge >= 0.3 is 0 Å². The number of halogens is 1. The summed E-state index contributed by atoms with van der Waals surface area (Å²) < 4.78 is 13.7. The van der Waals surface area contributed by atoms with Crippen LogP contribution in [0.15, 0.2) is 24.3 Å². The van der Waals surface area contributed by atoms with Crippen molar-refractivity contribution in [1.82, 2.24) is 0 Å². The number of carbonyl (C=O) groups is 1. The Morgan fingerprint density at radius 3 is 2.69 bits per heavy atom. The third kappa shape index (κ3) is 2.31. The van der Waals surface area contributed by atoms with Crippen LogP contribution in [0, 0.1) is 11.7 Å². The first-order chi connectivity index (χ1) is 7.74. The van der Waals surface area contributed by atoms with Gasteiger partial charge in [0.25, 0.3) is 0 Å². The van der Waals surface area contributed by atoms with Gasteiger partial charge < -0.3 is 0 Å². The lowest BCUT2D eigenvalue weighted by Gasteiger charge is -2.15. The first-order valence-electron chi connectivity index (χ1n) is 6.02. The molecule has 2 heteroatoms. The molecular formula is C14H17FO.